The van der Waals surface area contributed by atoms with E-state index in [2.05, 4.69) is 5.10 Å². The first-order valence-electron chi connectivity index (χ1n) is 5.70. The van der Waals surface area contributed by atoms with Crippen LogP contribution in [0.5, 0.6) is 0 Å². The van der Waals surface area contributed by atoms with Crippen LogP contribution in [-0.4, -0.2) is 27.0 Å². The number of benzene rings is 1. The predicted molar refractivity (Wildman–Crippen MR) is 73.6 cm³/mol. The third kappa shape index (κ3) is 4.14. The van der Waals surface area contributed by atoms with E-state index >= 15 is 0 Å². The van der Waals surface area contributed by atoms with E-state index in [0.717, 1.165) is 5.56 Å². The molecule has 4 nitrogen and oxygen atoms in total. The fourth-order valence-electron chi connectivity index (χ4n) is 1.76. The maximum atomic E-state index is 9.96. The van der Waals surface area contributed by atoms with E-state index in [0.29, 0.717) is 13.0 Å². The normalized spacial score (nSPS) is 13.7. The lowest BCUT2D eigenvalue weighted by Gasteiger charge is -2.18. The van der Waals surface area contributed by atoms with Crippen LogP contribution in [0.15, 0.2) is 48.8 Å². The van der Waals surface area contributed by atoms with Crippen molar-refractivity contribution in [3.8, 4) is 0 Å². The molecule has 1 aromatic heterocycles. The maximum Gasteiger partial charge on any atom is 0.0889 e. The number of aliphatic hydroxyl groups is 1. The van der Waals surface area contributed by atoms with E-state index in [1.165, 1.54) is 0 Å². The lowest BCUT2D eigenvalue weighted by Crippen LogP contribution is -2.39. The Hall–Kier alpha value is -1.36. The number of aliphatic hydroxyl groups excluding tert-OH is 1. The Bertz CT molecular complexity index is 433. The van der Waals surface area contributed by atoms with Gasteiger partial charge >= 0.3 is 0 Å². The predicted octanol–water partition coefficient (Wildman–Crippen LogP) is 1.24. The average molecular weight is 268 g/mol. The van der Waals surface area contributed by atoms with Gasteiger partial charge in [0.05, 0.1) is 12.6 Å². The van der Waals surface area contributed by atoms with Gasteiger partial charge in [0.25, 0.3) is 0 Å². The molecule has 2 atom stereocenters. The van der Waals surface area contributed by atoms with Crippen LogP contribution < -0.4 is 5.73 Å². The Morgan fingerprint density at radius 3 is 2.56 bits per heavy atom. The van der Waals surface area contributed by atoms with Crippen molar-refractivity contribution in [2.45, 2.75) is 25.1 Å². The number of nitrogens with two attached hydrogens (primary N) is 1. The van der Waals surface area contributed by atoms with Crippen molar-refractivity contribution in [3.63, 3.8) is 0 Å². The minimum absolute atomic E-state index is 0. The Morgan fingerprint density at radius 2 is 1.94 bits per heavy atom. The Kier molecular flexibility index (Phi) is 5.85. The summed E-state index contributed by atoms with van der Waals surface area (Å²) in [6, 6.07) is 11.5. The number of aromatic nitrogens is 2. The molecular formula is C13H18ClN3O. The van der Waals surface area contributed by atoms with Crippen LogP contribution in [0.3, 0.4) is 0 Å². The molecule has 1 aromatic carbocycles. The van der Waals surface area contributed by atoms with Gasteiger partial charge in [-0.2, -0.15) is 5.10 Å². The maximum absolute atomic E-state index is 9.96. The summed E-state index contributed by atoms with van der Waals surface area (Å²) in [6.07, 6.45) is 3.59. The molecule has 0 spiro atoms. The highest BCUT2D eigenvalue weighted by Crippen LogP contribution is 2.05. The number of hydrogen-bond acceptors (Lipinski definition) is 3. The molecule has 18 heavy (non-hydrogen) atoms. The van der Waals surface area contributed by atoms with Crippen LogP contribution in [0.1, 0.15) is 5.56 Å². The monoisotopic (exact) mass is 267 g/mol. The van der Waals surface area contributed by atoms with E-state index in [1.54, 1.807) is 10.9 Å². The zero-order valence-corrected chi connectivity index (χ0v) is 10.8. The molecule has 0 saturated carbocycles. The van der Waals surface area contributed by atoms with Gasteiger partial charge in [0, 0.05) is 18.4 Å². The highest BCUT2D eigenvalue weighted by molar-refractivity contribution is 5.85. The van der Waals surface area contributed by atoms with Gasteiger partial charge in [-0.25, -0.2) is 0 Å². The molecule has 0 unspecified atom stereocenters. The van der Waals surface area contributed by atoms with Crippen LogP contribution >= 0.6 is 12.4 Å². The van der Waals surface area contributed by atoms with Gasteiger partial charge < -0.3 is 10.8 Å². The van der Waals surface area contributed by atoms with Gasteiger partial charge in [0.15, 0.2) is 0 Å². The molecule has 5 heteroatoms. The molecule has 2 aromatic rings. The van der Waals surface area contributed by atoms with E-state index in [1.807, 2.05) is 42.6 Å². The van der Waals surface area contributed by atoms with Crippen molar-refractivity contribution in [1.82, 2.24) is 9.78 Å². The molecule has 0 aliphatic rings. The standard InChI is InChI=1S/C13H17N3O.ClH/c14-12(9-11-5-2-1-3-6-11)13(17)10-16-8-4-7-15-16;/h1-8,12-13,17H,9-10,14H2;1H/t12-,13+;/m1./s1. The van der Waals surface area contributed by atoms with Gasteiger partial charge in [-0.3, -0.25) is 4.68 Å². The van der Waals surface area contributed by atoms with Crippen molar-refractivity contribution >= 4 is 12.4 Å². The third-order valence-electron chi connectivity index (χ3n) is 2.74. The van der Waals surface area contributed by atoms with Crippen molar-refractivity contribution in [3.05, 3.63) is 54.4 Å². The number of rotatable bonds is 5. The molecule has 3 N–H and O–H groups in total. The van der Waals surface area contributed by atoms with E-state index in [9.17, 15) is 5.11 Å². The first-order valence-corrected chi connectivity index (χ1v) is 5.70. The smallest absolute Gasteiger partial charge is 0.0889 e. The summed E-state index contributed by atoms with van der Waals surface area (Å²) in [7, 11) is 0. The zero-order valence-electron chi connectivity index (χ0n) is 10.0. The Balaban J connectivity index is 0.00000162. The number of hydrogen-bond donors (Lipinski definition) is 2. The molecule has 0 aliphatic heterocycles. The van der Waals surface area contributed by atoms with Crippen molar-refractivity contribution in [2.24, 2.45) is 5.73 Å². The largest absolute Gasteiger partial charge is 0.390 e. The molecule has 1 heterocycles. The van der Waals surface area contributed by atoms with Crippen LogP contribution in [0, 0.1) is 0 Å². The lowest BCUT2D eigenvalue weighted by molar-refractivity contribution is 0.121. The lowest BCUT2D eigenvalue weighted by atomic mass is 10.0. The molecule has 0 amide bonds. The quantitative estimate of drug-likeness (QED) is 0.857. The van der Waals surface area contributed by atoms with Crippen molar-refractivity contribution < 1.29 is 5.11 Å². The van der Waals surface area contributed by atoms with Crippen molar-refractivity contribution in [2.75, 3.05) is 0 Å². The molecule has 0 radical (unpaired) electrons. The first-order chi connectivity index (χ1) is 8.25. The summed E-state index contributed by atoms with van der Waals surface area (Å²) >= 11 is 0. The number of halogens is 1. The minimum Gasteiger partial charge on any atom is -0.390 e. The van der Waals surface area contributed by atoms with Crippen molar-refractivity contribution in [1.29, 1.82) is 0 Å². The van der Waals surface area contributed by atoms with Gasteiger partial charge in [0.1, 0.15) is 0 Å². The summed E-state index contributed by atoms with van der Waals surface area (Å²) in [5.74, 6) is 0. The molecular weight excluding hydrogens is 250 g/mol. The Morgan fingerprint density at radius 1 is 1.22 bits per heavy atom. The van der Waals surface area contributed by atoms with E-state index < -0.39 is 6.10 Å². The molecule has 0 bridgehead atoms. The third-order valence-corrected chi connectivity index (χ3v) is 2.74. The summed E-state index contributed by atoms with van der Waals surface area (Å²) in [5, 5.41) is 14.0. The molecule has 0 saturated heterocycles. The molecule has 0 aliphatic carbocycles. The van der Waals surface area contributed by atoms with Crippen LogP contribution in [0.4, 0.5) is 0 Å². The Labute approximate surface area is 113 Å². The second-order valence-corrected chi connectivity index (χ2v) is 4.15. The SMILES string of the molecule is Cl.N[C@H](Cc1ccccc1)[C@@H](O)Cn1cccn1. The first kappa shape index (κ1) is 14.7. The van der Waals surface area contributed by atoms with Gasteiger partial charge in [-0.1, -0.05) is 30.3 Å². The van der Waals surface area contributed by atoms with Gasteiger partial charge in [0.2, 0.25) is 0 Å². The second kappa shape index (κ2) is 7.16. The van der Waals surface area contributed by atoms with Gasteiger partial charge in [-0.05, 0) is 18.1 Å². The van der Waals surface area contributed by atoms with Crippen LogP contribution in [-0.2, 0) is 13.0 Å². The van der Waals surface area contributed by atoms with E-state index in [4.69, 9.17) is 5.73 Å². The highest BCUT2D eigenvalue weighted by atomic mass is 35.5. The zero-order chi connectivity index (χ0) is 12.1. The van der Waals surface area contributed by atoms with Crippen LogP contribution in [0.2, 0.25) is 0 Å². The topological polar surface area (TPSA) is 64.1 Å². The summed E-state index contributed by atoms with van der Waals surface area (Å²) in [6.45, 7) is 0.432. The van der Waals surface area contributed by atoms with Crippen LogP contribution in [0.25, 0.3) is 0 Å². The molecule has 0 fully saturated rings. The summed E-state index contributed by atoms with van der Waals surface area (Å²) < 4.78 is 1.69. The van der Waals surface area contributed by atoms with Gasteiger partial charge in [-0.15, -0.1) is 12.4 Å². The second-order valence-electron chi connectivity index (χ2n) is 4.15. The van der Waals surface area contributed by atoms with E-state index in [-0.39, 0.29) is 18.4 Å². The summed E-state index contributed by atoms with van der Waals surface area (Å²) in [5.41, 5.74) is 7.11. The summed E-state index contributed by atoms with van der Waals surface area (Å²) in [4.78, 5) is 0. The fraction of sp³-hybridized carbons (Fsp3) is 0.308. The fourth-order valence-corrected chi connectivity index (χ4v) is 1.76. The number of nitrogens with zero attached hydrogens (tertiary/aromatic N) is 2. The highest BCUT2D eigenvalue weighted by Gasteiger charge is 2.15. The average Bonchev–Trinajstić information content (AvgIpc) is 2.83. The minimum atomic E-state index is -0.588. The molecule has 2 rings (SSSR count). The molecule has 98 valence electrons.